The molecule has 0 unspecified atom stereocenters. The van der Waals surface area contributed by atoms with Crippen LogP contribution in [0.3, 0.4) is 0 Å². The van der Waals surface area contributed by atoms with Gasteiger partial charge in [0.05, 0.1) is 24.4 Å². The van der Waals surface area contributed by atoms with Crippen LogP contribution in [-0.2, 0) is 21.4 Å². The number of carboxylic acid groups (broad SMARTS) is 1. The minimum Gasteiger partial charge on any atom is -0.481 e. The van der Waals surface area contributed by atoms with Crippen LogP contribution in [0.4, 0.5) is 0 Å². The van der Waals surface area contributed by atoms with E-state index < -0.39 is 16.0 Å². The second-order valence-electron chi connectivity index (χ2n) is 4.97. The molecule has 7 nitrogen and oxygen atoms in total. The van der Waals surface area contributed by atoms with Crippen molar-refractivity contribution in [2.24, 2.45) is 0 Å². The highest BCUT2D eigenvalue weighted by Gasteiger charge is 2.24. The van der Waals surface area contributed by atoms with Gasteiger partial charge >= 0.3 is 5.97 Å². The number of sulfonamides is 1. The third-order valence-corrected chi connectivity index (χ3v) is 4.91. The van der Waals surface area contributed by atoms with E-state index in [0.717, 1.165) is 19.3 Å². The fourth-order valence-electron chi connectivity index (χ4n) is 2.14. The van der Waals surface area contributed by atoms with Crippen LogP contribution in [-0.4, -0.2) is 35.8 Å². The highest BCUT2D eigenvalue weighted by molar-refractivity contribution is 7.89. The number of carboxylic acids is 1. The number of carbonyl (C=O) groups is 1. The van der Waals surface area contributed by atoms with Crippen LogP contribution in [0.1, 0.15) is 44.0 Å². The number of hydrogen-bond acceptors (Lipinski definition) is 4. The van der Waals surface area contributed by atoms with Crippen molar-refractivity contribution in [1.29, 1.82) is 0 Å². The average molecular weight is 317 g/mol. The Hall–Kier alpha value is -1.41. The molecule has 0 aliphatic heterocycles. The maximum absolute atomic E-state index is 12.3. The Morgan fingerprint density at radius 1 is 1.33 bits per heavy atom. The molecule has 0 saturated heterocycles. The Morgan fingerprint density at radius 3 is 2.57 bits per heavy atom. The second kappa shape index (κ2) is 7.56. The minimum absolute atomic E-state index is 0.0919. The number of aryl methyl sites for hydroxylation is 2. The van der Waals surface area contributed by atoms with E-state index in [-0.39, 0.29) is 17.9 Å². The lowest BCUT2D eigenvalue weighted by atomic mass is 10.3. The third-order valence-electron chi connectivity index (χ3n) is 3.19. The number of nitrogens with zero attached hydrogens (tertiary/aromatic N) is 2. The number of hydrogen-bond donors (Lipinski definition) is 2. The molecule has 1 aromatic rings. The standard InChI is InChI=1S/C13H23N3O4S/c1-4-5-6-8-14-21(19,20)13-10(2)15-16(11(13)3)9-7-12(17)18/h14H,4-9H2,1-3H3,(H,17,18). The molecule has 1 heterocycles. The maximum atomic E-state index is 12.3. The summed E-state index contributed by atoms with van der Waals surface area (Å²) in [5.74, 6) is -0.940. The van der Waals surface area contributed by atoms with Crippen molar-refractivity contribution in [3.8, 4) is 0 Å². The molecule has 0 radical (unpaired) electrons. The number of unbranched alkanes of at least 4 members (excludes halogenated alkanes) is 2. The Labute approximate surface area is 125 Å². The van der Waals surface area contributed by atoms with Gasteiger partial charge in [0, 0.05) is 6.54 Å². The SMILES string of the molecule is CCCCCNS(=O)(=O)c1c(C)nn(CCC(=O)O)c1C. The molecule has 120 valence electrons. The molecule has 0 saturated carbocycles. The summed E-state index contributed by atoms with van der Waals surface area (Å²) in [7, 11) is -3.60. The lowest BCUT2D eigenvalue weighted by Gasteiger charge is -2.07. The number of rotatable bonds is 9. The predicted octanol–water partition coefficient (Wildman–Crippen LogP) is 1.44. The quantitative estimate of drug-likeness (QED) is 0.671. The van der Waals surface area contributed by atoms with Crippen molar-refractivity contribution in [3.63, 3.8) is 0 Å². The highest BCUT2D eigenvalue weighted by Crippen LogP contribution is 2.19. The van der Waals surface area contributed by atoms with Crippen LogP contribution in [0, 0.1) is 13.8 Å². The van der Waals surface area contributed by atoms with Crippen LogP contribution < -0.4 is 4.72 Å². The average Bonchev–Trinajstić information content (AvgIpc) is 2.67. The minimum atomic E-state index is -3.60. The molecule has 0 bridgehead atoms. The van der Waals surface area contributed by atoms with E-state index in [1.165, 1.54) is 4.68 Å². The molecular weight excluding hydrogens is 294 g/mol. The van der Waals surface area contributed by atoms with Gasteiger partial charge < -0.3 is 5.11 Å². The molecule has 0 aromatic carbocycles. The van der Waals surface area contributed by atoms with Crippen molar-refractivity contribution in [1.82, 2.24) is 14.5 Å². The molecule has 2 N–H and O–H groups in total. The Morgan fingerprint density at radius 2 is 2.00 bits per heavy atom. The normalized spacial score (nSPS) is 11.8. The zero-order valence-corrected chi connectivity index (χ0v) is 13.5. The largest absolute Gasteiger partial charge is 0.481 e. The summed E-state index contributed by atoms with van der Waals surface area (Å²) in [6, 6.07) is 0. The molecule has 8 heteroatoms. The van der Waals surface area contributed by atoms with E-state index in [4.69, 9.17) is 5.11 Å². The van der Waals surface area contributed by atoms with Gasteiger partial charge in [-0.25, -0.2) is 13.1 Å². The first kappa shape index (κ1) is 17.6. The van der Waals surface area contributed by atoms with Gasteiger partial charge in [-0.1, -0.05) is 19.8 Å². The van der Waals surface area contributed by atoms with Gasteiger partial charge in [0.1, 0.15) is 4.90 Å². The maximum Gasteiger partial charge on any atom is 0.305 e. The molecule has 0 aliphatic carbocycles. The lowest BCUT2D eigenvalue weighted by molar-refractivity contribution is -0.137. The molecule has 1 aromatic heterocycles. The van der Waals surface area contributed by atoms with E-state index in [0.29, 0.717) is 17.9 Å². The molecule has 21 heavy (non-hydrogen) atoms. The van der Waals surface area contributed by atoms with Crippen molar-refractivity contribution < 1.29 is 18.3 Å². The molecule has 0 fully saturated rings. The molecule has 0 aliphatic rings. The van der Waals surface area contributed by atoms with Crippen LogP contribution in [0.15, 0.2) is 4.90 Å². The smallest absolute Gasteiger partial charge is 0.305 e. The molecule has 1 rings (SSSR count). The fraction of sp³-hybridized carbons (Fsp3) is 0.692. The van der Waals surface area contributed by atoms with E-state index in [9.17, 15) is 13.2 Å². The molecular formula is C13H23N3O4S. The predicted molar refractivity (Wildman–Crippen MR) is 78.7 cm³/mol. The summed E-state index contributed by atoms with van der Waals surface area (Å²) >= 11 is 0. The number of aliphatic carboxylic acids is 1. The lowest BCUT2D eigenvalue weighted by Crippen LogP contribution is -2.26. The number of nitrogens with one attached hydrogen (secondary N) is 1. The van der Waals surface area contributed by atoms with Crippen molar-refractivity contribution in [3.05, 3.63) is 11.4 Å². The Balaban J connectivity index is 2.88. The van der Waals surface area contributed by atoms with Crippen molar-refractivity contribution >= 4 is 16.0 Å². The summed E-state index contributed by atoms with van der Waals surface area (Å²) < 4.78 is 28.6. The van der Waals surface area contributed by atoms with Gasteiger partial charge in [0.15, 0.2) is 0 Å². The molecule has 0 amide bonds. The van der Waals surface area contributed by atoms with Gasteiger partial charge in [0.25, 0.3) is 0 Å². The van der Waals surface area contributed by atoms with Gasteiger partial charge in [0.2, 0.25) is 10.0 Å². The summed E-state index contributed by atoms with van der Waals surface area (Å²) in [5, 5.41) is 12.8. The first-order valence-corrected chi connectivity index (χ1v) is 8.53. The monoisotopic (exact) mass is 317 g/mol. The van der Waals surface area contributed by atoms with Gasteiger partial charge in [-0.3, -0.25) is 9.48 Å². The van der Waals surface area contributed by atoms with E-state index in [2.05, 4.69) is 16.7 Å². The van der Waals surface area contributed by atoms with Gasteiger partial charge in [-0.2, -0.15) is 5.10 Å². The van der Waals surface area contributed by atoms with Crippen LogP contribution >= 0.6 is 0 Å². The topological polar surface area (TPSA) is 101 Å². The third kappa shape index (κ3) is 4.82. The zero-order chi connectivity index (χ0) is 16.0. The zero-order valence-electron chi connectivity index (χ0n) is 12.7. The summed E-state index contributed by atoms with van der Waals surface area (Å²) in [6.45, 7) is 5.87. The van der Waals surface area contributed by atoms with Crippen LogP contribution in [0.25, 0.3) is 0 Å². The summed E-state index contributed by atoms with van der Waals surface area (Å²) in [6.07, 6.45) is 2.69. The fourth-order valence-corrected chi connectivity index (χ4v) is 3.62. The molecule has 0 spiro atoms. The Bertz CT molecular complexity index is 593. The van der Waals surface area contributed by atoms with E-state index in [1.54, 1.807) is 13.8 Å². The van der Waals surface area contributed by atoms with Crippen molar-refractivity contribution in [2.75, 3.05) is 6.54 Å². The first-order chi connectivity index (χ1) is 9.79. The van der Waals surface area contributed by atoms with E-state index in [1.807, 2.05) is 0 Å². The Kier molecular flexibility index (Phi) is 6.35. The van der Waals surface area contributed by atoms with Crippen LogP contribution in [0.5, 0.6) is 0 Å². The second-order valence-corrected chi connectivity index (χ2v) is 6.68. The summed E-state index contributed by atoms with van der Waals surface area (Å²) in [4.78, 5) is 10.8. The first-order valence-electron chi connectivity index (χ1n) is 7.05. The van der Waals surface area contributed by atoms with Crippen molar-refractivity contribution in [2.45, 2.75) is 57.9 Å². The highest BCUT2D eigenvalue weighted by atomic mass is 32.2. The number of aromatic nitrogens is 2. The molecule has 0 atom stereocenters. The summed E-state index contributed by atoms with van der Waals surface area (Å²) in [5.41, 5.74) is 0.859. The van der Waals surface area contributed by atoms with Gasteiger partial charge in [-0.05, 0) is 20.3 Å². The van der Waals surface area contributed by atoms with Crippen LogP contribution in [0.2, 0.25) is 0 Å². The van der Waals surface area contributed by atoms with E-state index >= 15 is 0 Å². The van der Waals surface area contributed by atoms with Gasteiger partial charge in [-0.15, -0.1) is 0 Å².